The Balaban J connectivity index is 1.78. The van der Waals surface area contributed by atoms with E-state index >= 15 is 0 Å². The summed E-state index contributed by atoms with van der Waals surface area (Å²) in [6, 6.07) is 7.48. The Kier molecular flexibility index (Phi) is 6.00. The Bertz CT molecular complexity index is 519. The van der Waals surface area contributed by atoms with Crippen molar-refractivity contribution >= 4 is 27.8 Å². The number of amides is 1. The monoisotopic (exact) mass is 367 g/mol. The molecule has 0 N–H and O–H groups in total. The maximum atomic E-state index is 12.1. The third-order valence-corrected chi connectivity index (χ3v) is 4.37. The van der Waals surface area contributed by atoms with Crippen molar-refractivity contribution < 1.29 is 14.3 Å². The SMILES string of the molecule is C[C@@H]1C[C@@H](C)CN(C(=O)COC(=O)Cc2ccc(Br)cc2)C1. The molecule has 1 aromatic rings. The van der Waals surface area contributed by atoms with Gasteiger partial charge < -0.3 is 9.64 Å². The Morgan fingerprint density at radius 1 is 1.18 bits per heavy atom. The summed E-state index contributed by atoms with van der Waals surface area (Å²) in [6.45, 7) is 5.65. The summed E-state index contributed by atoms with van der Waals surface area (Å²) in [6.07, 6.45) is 1.33. The molecule has 1 fully saturated rings. The standard InChI is InChI=1S/C17H22BrNO3/c1-12-7-13(2)10-19(9-12)16(20)11-22-17(21)8-14-3-5-15(18)6-4-14/h3-6,12-13H,7-11H2,1-2H3/t12-,13-/m1/s1. The molecule has 0 bridgehead atoms. The molecule has 1 heterocycles. The van der Waals surface area contributed by atoms with Gasteiger partial charge in [0.2, 0.25) is 0 Å². The van der Waals surface area contributed by atoms with Crippen molar-refractivity contribution in [1.82, 2.24) is 4.90 Å². The second-order valence-corrected chi connectivity index (χ2v) is 7.12. The molecule has 0 aromatic heterocycles. The normalized spacial score (nSPS) is 21.5. The summed E-state index contributed by atoms with van der Waals surface area (Å²) in [5, 5.41) is 0. The molecule has 2 atom stereocenters. The molecule has 0 spiro atoms. The van der Waals surface area contributed by atoms with E-state index < -0.39 is 0 Å². The van der Waals surface area contributed by atoms with E-state index in [2.05, 4.69) is 29.8 Å². The van der Waals surface area contributed by atoms with Crippen molar-refractivity contribution in [2.45, 2.75) is 26.7 Å². The molecule has 1 amide bonds. The van der Waals surface area contributed by atoms with Crippen LogP contribution < -0.4 is 0 Å². The molecular weight excluding hydrogens is 346 g/mol. The predicted octanol–water partition coefficient (Wildman–Crippen LogP) is 3.04. The summed E-state index contributed by atoms with van der Waals surface area (Å²) in [4.78, 5) is 25.8. The molecule has 5 heteroatoms. The average molecular weight is 368 g/mol. The van der Waals surface area contributed by atoms with Crippen molar-refractivity contribution in [3.63, 3.8) is 0 Å². The third kappa shape index (κ3) is 5.13. The van der Waals surface area contributed by atoms with Gasteiger partial charge in [0.05, 0.1) is 6.42 Å². The molecule has 0 radical (unpaired) electrons. The van der Waals surface area contributed by atoms with E-state index in [4.69, 9.17) is 4.74 Å². The van der Waals surface area contributed by atoms with Crippen molar-refractivity contribution in [1.29, 1.82) is 0 Å². The second-order valence-electron chi connectivity index (χ2n) is 6.21. The number of carbonyl (C=O) groups excluding carboxylic acids is 2. The zero-order chi connectivity index (χ0) is 16.1. The minimum atomic E-state index is -0.367. The number of likely N-dealkylation sites (tertiary alicyclic amines) is 1. The highest BCUT2D eigenvalue weighted by molar-refractivity contribution is 9.10. The number of rotatable bonds is 4. The van der Waals surface area contributed by atoms with Gasteiger partial charge in [-0.2, -0.15) is 0 Å². The minimum Gasteiger partial charge on any atom is -0.455 e. The van der Waals surface area contributed by atoms with Crippen LogP contribution in [0.5, 0.6) is 0 Å². The van der Waals surface area contributed by atoms with Gasteiger partial charge in [0.15, 0.2) is 6.61 Å². The van der Waals surface area contributed by atoms with Crippen molar-refractivity contribution in [3.8, 4) is 0 Å². The number of piperidine rings is 1. The van der Waals surface area contributed by atoms with Crippen LogP contribution in [0.15, 0.2) is 28.7 Å². The fourth-order valence-electron chi connectivity index (χ4n) is 2.92. The first-order valence-corrected chi connectivity index (χ1v) is 8.41. The average Bonchev–Trinajstić information content (AvgIpc) is 2.46. The summed E-state index contributed by atoms with van der Waals surface area (Å²) in [7, 11) is 0. The molecule has 2 rings (SSSR count). The molecule has 120 valence electrons. The Morgan fingerprint density at radius 2 is 1.77 bits per heavy atom. The van der Waals surface area contributed by atoms with Crippen LogP contribution in [0.4, 0.5) is 0 Å². The summed E-state index contributed by atoms with van der Waals surface area (Å²) in [5.74, 6) is 0.550. The zero-order valence-electron chi connectivity index (χ0n) is 13.0. The van der Waals surface area contributed by atoms with Crippen LogP contribution in [0.2, 0.25) is 0 Å². The van der Waals surface area contributed by atoms with Crippen LogP contribution >= 0.6 is 15.9 Å². The van der Waals surface area contributed by atoms with Gasteiger partial charge in [0, 0.05) is 17.6 Å². The highest BCUT2D eigenvalue weighted by atomic mass is 79.9. The summed E-state index contributed by atoms with van der Waals surface area (Å²) in [5.41, 5.74) is 0.876. The van der Waals surface area contributed by atoms with Crippen molar-refractivity contribution in [3.05, 3.63) is 34.3 Å². The maximum Gasteiger partial charge on any atom is 0.310 e. The lowest BCUT2D eigenvalue weighted by atomic mass is 9.92. The van der Waals surface area contributed by atoms with Crippen LogP contribution in [0.25, 0.3) is 0 Å². The lowest BCUT2D eigenvalue weighted by Gasteiger charge is -2.34. The van der Waals surface area contributed by atoms with E-state index in [1.54, 1.807) is 0 Å². The highest BCUT2D eigenvalue weighted by Gasteiger charge is 2.25. The fraction of sp³-hybridized carbons (Fsp3) is 0.529. The highest BCUT2D eigenvalue weighted by Crippen LogP contribution is 2.20. The fourth-order valence-corrected chi connectivity index (χ4v) is 3.18. The smallest absolute Gasteiger partial charge is 0.310 e. The lowest BCUT2D eigenvalue weighted by Crippen LogP contribution is -2.44. The van der Waals surface area contributed by atoms with E-state index in [1.165, 1.54) is 0 Å². The van der Waals surface area contributed by atoms with Crippen molar-refractivity contribution in [2.24, 2.45) is 11.8 Å². The topological polar surface area (TPSA) is 46.6 Å². The van der Waals surface area contributed by atoms with Crippen LogP contribution in [0.1, 0.15) is 25.8 Å². The molecule has 22 heavy (non-hydrogen) atoms. The summed E-state index contributed by atoms with van der Waals surface area (Å²) < 4.78 is 6.09. The first kappa shape index (κ1) is 17.0. The van der Waals surface area contributed by atoms with Crippen LogP contribution in [0.3, 0.4) is 0 Å². The van der Waals surface area contributed by atoms with E-state index in [-0.39, 0.29) is 24.9 Å². The number of hydrogen-bond donors (Lipinski definition) is 0. The van der Waals surface area contributed by atoms with Gasteiger partial charge in [0.1, 0.15) is 0 Å². The van der Waals surface area contributed by atoms with Crippen LogP contribution in [-0.4, -0.2) is 36.5 Å². The van der Waals surface area contributed by atoms with E-state index in [0.29, 0.717) is 11.8 Å². The number of halogens is 1. The molecular formula is C17H22BrNO3. The predicted molar refractivity (Wildman–Crippen MR) is 88.3 cm³/mol. The lowest BCUT2D eigenvalue weighted by molar-refractivity contribution is -0.152. The Labute approximate surface area is 140 Å². The van der Waals surface area contributed by atoms with Crippen LogP contribution in [0, 0.1) is 11.8 Å². The van der Waals surface area contributed by atoms with Gasteiger partial charge in [-0.15, -0.1) is 0 Å². The van der Waals surface area contributed by atoms with Gasteiger partial charge in [-0.25, -0.2) is 0 Å². The zero-order valence-corrected chi connectivity index (χ0v) is 14.6. The van der Waals surface area contributed by atoms with E-state index in [0.717, 1.165) is 29.5 Å². The molecule has 1 saturated heterocycles. The largest absolute Gasteiger partial charge is 0.455 e. The molecule has 0 aliphatic carbocycles. The maximum absolute atomic E-state index is 12.1. The van der Waals surface area contributed by atoms with Gasteiger partial charge >= 0.3 is 5.97 Å². The number of hydrogen-bond acceptors (Lipinski definition) is 3. The van der Waals surface area contributed by atoms with E-state index in [1.807, 2.05) is 29.2 Å². The number of ether oxygens (including phenoxy) is 1. The second kappa shape index (κ2) is 7.77. The van der Waals surface area contributed by atoms with Gasteiger partial charge in [-0.3, -0.25) is 9.59 Å². The Hall–Kier alpha value is -1.36. The first-order valence-electron chi connectivity index (χ1n) is 7.62. The van der Waals surface area contributed by atoms with Gasteiger partial charge in [-0.05, 0) is 36.0 Å². The number of esters is 1. The van der Waals surface area contributed by atoms with Gasteiger partial charge in [-0.1, -0.05) is 41.9 Å². The Morgan fingerprint density at radius 3 is 2.36 bits per heavy atom. The first-order chi connectivity index (χ1) is 10.4. The molecule has 0 saturated carbocycles. The molecule has 4 nitrogen and oxygen atoms in total. The van der Waals surface area contributed by atoms with Gasteiger partial charge in [0.25, 0.3) is 5.91 Å². The quantitative estimate of drug-likeness (QED) is 0.768. The van der Waals surface area contributed by atoms with Crippen molar-refractivity contribution in [2.75, 3.05) is 19.7 Å². The molecule has 1 aliphatic rings. The third-order valence-electron chi connectivity index (χ3n) is 3.84. The number of nitrogens with zero attached hydrogens (tertiary/aromatic N) is 1. The molecule has 0 unspecified atom stereocenters. The molecule has 1 aromatic carbocycles. The number of carbonyl (C=O) groups is 2. The van der Waals surface area contributed by atoms with Crippen LogP contribution in [-0.2, 0) is 20.7 Å². The van der Waals surface area contributed by atoms with E-state index in [9.17, 15) is 9.59 Å². The summed E-state index contributed by atoms with van der Waals surface area (Å²) >= 11 is 3.35. The molecule has 1 aliphatic heterocycles. The minimum absolute atomic E-state index is 0.0949. The number of benzene rings is 1.